The largest absolute Gasteiger partial charge is 0.455 e. The Bertz CT molecular complexity index is 1340. The van der Waals surface area contributed by atoms with Crippen molar-refractivity contribution in [2.24, 2.45) is 0 Å². The molecule has 1 aromatic heterocycles. The number of anilines is 1. The SMILES string of the molecule is CNC(=O)c1cc(Oc2ccccc2NS(=O)(=O)c2cccc(S(=O)(=O)F)c2)ccn1. The quantitative estimate of drug-likeness (QED) is 0.513. The molecule has 0 bridgehead atoms. The molecule has 1 heterocycles. The van der Waals surface area contributed by atoms with Gasteiger partial charge in [-0.05, 0) is 36.4 Å². The zero-order valence-electron chi connectivity index (χ0n) is 15.9. The Morgan fingerprint density at radius 3 is 2.39 bits per heavy atom. The maximum Gasteiger partial charge on any atom is 0.332 e. The Morgan fingerprint density at radius 2 is 1.68 bits per heavy atom. The van der Waals surface area contributed by atoms with E-state index in [0.717, 1.165) is 18.2 Å². The molecular formula is C19H16FN3O6S2. The fraction of sp³-hybridized carbons (Fsp3) is 0.0526. The molecule has 31 heavy (non-hydrogen) atoms. The van der Waals surface area contributed by atoms with E-state index in [-0.39, 0.29) is 22.9 Å². The average Bonchev–Trinajstić information content (AvgIpc) is 2.74. The number of amides is 1. The molecule has 0 aliphatic heterocycles. The summed E-state index contributed by atoms with van der Waals surface area (Å²) in [5, 5.41) is 2.43. The number of hydrogen-bond acceptors (Lipinski definition) is 7. The van der Waals surface area contributed by atoms with Crippen LogP contribution in [0.4, 0.5) is 9.57 Å². The summed E-state index contributed by atoms with van der Waals surface area (Å²) >= 11 is 0. The summed E-state index contributed by atoms with van der Waals surface area (Å²) in [6.45, 7) is 0. The summed E-state index contributed by atoms with van der Waals surface area (Å²) in [6.07, 6.45) is 1.36. The Kier molecular flexibility index (Phi) is 6.22. The van der Waals surface area contributed by atoms with Gasteiger partial charge in [0.05, 0.1) is 15.5 Å². The lowest BCUT2D eigenvalue weighted by Gasteiger charge is -2.14. The van der Waals surface area contributed by atoms with Crippen LogP contribution in [-0.2, 0) is 20.2 Å². The van der Waals surface area contributed by atoms with Crippen molar-refractivity contribution in [2.75, 3.05) is 11.8 Å². The number of ether oxygens (including phenoxy) is 1. The van der Waals surface area contributed by atoms with E-state index in [1.165, 1.54) is 37.5 Å². The van der Waals surface area contributed by atoms with Crippen molar-refractivity contribution < 1.29 is 30.3 Å². The van der Waals surface area contributed by atoms with Gasteiger partial charge in [0.25, 0.3) is 15.9 Å². The number of carbonyl (C=O) groups excluding carboxylic acids is 1. The summed E-state index contributed by atoms with van der Waals surface area (Å²) in [4.78, 5) is 14.4. The van der Waals surface area contributed by atoms with E-state index in [1.807, 2.05) is 0 Å². The molecule has 9 nitrogen and oxygen atoms in total. The lowest BCUT2D eigenvalue weighted by molar-refractivity contribution is 0.0958. The highest BCUT2D eigenvalue weighted by atomic mass is 32.3. The molecule has 0 aliphatic rings. The van der Waals surface area contributed by atoms with Crippen molar-refractivity contribution in [3.8, 4) is 11.5 Å². The number of benzene rings is 2. The van der Waals surface area contributed by atoms with E-state index >= 15 is 0 Å². The molecule has 2 aromatic carbocycles. The molecule has 2 N–H and O–H groups in total. The van der Waals surface area contributed by atoms with Gasteiger partial charge < -0.3 is 10.1 Å². The van der Waals surface area contributed by atoms with Crippen LogP contribution in [0, 0.1) is 0 Å². The first-order valence-corrected chi connectivity index (χ1v) is 11.5. The van der Waals surface area contributed by atoms with E-state index in [4.69, 9.17) is 4.74 Å². The summed E-state index contributed by atoms with van der Waals surface area (Å²) in [5.74, 6) is -0.0951. The number of sulfonamides is 1. The highest BCUT2D eigenvalue weighted by Crippen LogP contribution is 2.31. The van der Waals surface area contributed by atoms with Crippen molar-refractivity contribution in [3.05, 3.63) is 72.6 Å². The van der Waals surface area contributed by atoms with Crippen LogP contribution in [0.1, 0.15) is 10.5 Å². The number of rotatable bonds is 7. The summed E-state index contributed by atoms with van der Waals surface area (Å²) in [7, 11) is -7.90. The lowest BCUT2D eigenvalue weighted by atomic mass is 10.3. The maximum atomic E-state index is 13.2. The average molecular weight is 465 g/mol. The zero-order valence-corrected chi connectivity index (χ0v) is 17.6. The third-order valence-corrected chi connectivity index (χ3v) is 6.13. The van der Waals surface area contributed by atoms with Gasteiger partial charge in [0.15, 0.2) is 5.75 Å². The monoisotopic (exact) mass is 465 g/mol. The first-order chi connectivity index (χ1) is 14.6. The van der Waals surface area contributed by atoms with Gasteiger partial charge in [-0.15, -0.1) is 3.89 Å². The molecule has 0 unspecified atom stereocenters. The second kappa shape index (κ2) is 8.70. The van der Waals surface area contributed by atoms with E-state index in [2.05, 4.69) is 15.0 Å². The number of nitrogens with one attached hydrogen (secondary N) is 2. The minimum Gasteiger partial charge on any atom is -0.455 e. The van der Waals surface area contributed by atoms with Crippen LogP contribution in [0.5, 0.6) is 11.5 Å². The number of para-hydroxylation sites is 2. The second-order valence-corrected chi connectivity index (χ2v) is 9.10. The minimum atomic E-state index is -5.08. The first kappa shape index (κ1) is 22.2. The standard InChI is InChI=1S/C19H16FN3O6S2/c1-21-19(24)17-11-13(9-10-22-17)29-18-8-3-2-7-16(18)23-31(27,28)15-6-4-5-14(12-15)30(20,25)26/h2-12,23H,1H3,(H,21,24). The molecule has 0 spiro atoms. The van der Waals surface area contributed by atoms with Crippen LogP contribution >= 0.6 is 0 Å². The van der Waals surface area contributed by atoms with Crippen molar-refractivity contribution >= 4 is 31.8 Å². The third-order valence-electron chi connectivity index (χ3n) is 3.95. The summed E-state index contributed by atoms with van der Waals surface area (Å²) < 4.78 is 68.8. The van der Waals surface area contributed by atoms with Crippen molar-refractivity contribution in [1.82, 2.24) is 10.3 Å². The maximum absolute atomic E-state index is 13.2. The molecule has 0 radical (unpaired) electrons. The summed E-state index contributed by atoms with van der Waals surface area (Å²) in [6, 6.07) is 12.8. The normalized spacial score (nSPS) is 11.5. The third kappa shape index (κ3) is 5.35. The zero-order chi connectivity index (χ0) is 22.6. The van der Waals surface area contributed by atoms with Crippen LogP contribution < -0.4 is 14.8 Å². The molecule has 0 aliphatic carbocycles. The van der Waals surface area contributed by atoms with Gasteiger partial charge in [-0.2, -0.15) is 8.42 Å². The Labute approximate surface area is 178 Å². The fourth-order valence-corrected chi connectivity index (χ4v) is 4.19. The van der Waals surface area contributed by atoms with Gasteiger partial charge in [-0.1, -0.05) is 18.2 Å². The number of carbonyl (C=O) groups is 1. The Balaban J connectivity index is 1.92. The number of nitrogens with zero attached hydrogens (tertiary/aromatic N) is 1. The molecule has 12 heteroatoms. The summed E-state index contributed by atoms with van der Waals surface area (Å²) in [5.41, 5.74) is 0.136. The van der Waals surface area contributed by atoms with Crippen molar-refractivity contribution in [1.29, 1.82) is 0 Å². The van der Waals surface area contributed by atoms with E-state index < -0.39 is 35.9 Å². The van der Waals surface area contributed by atoms with E-state index in [0.29, 0.717) is 6.07 Å². The van der Waals surface area contributed by atoms with Crippen molar-refractivity contribution in [3.63, 3.8) is 0 Å². The van der Waals surface area contributed by atoms with Crippen LogP contribution in [-0.4, -0.2) is 34.8 Å². The van der Waals surface area contributed by atoms with E-state index in [9.17, 15) is 25.5 Å². The number of halogens is 1. The van der Waals surface area contributed by atoms with Crippen LogP contribution in [0.2, 0.25) is 0 Å². The highest BCUT2D eigenvalue weighted by Gasteiger charge is 2.20. The molecule has 0 atom stereocenters. The second-order valence-electron chi connectivity index (χ2n) is 6.07. The predicted octanol–water partition coefficient (Wildman–Crippen LogP) is 2.69. The number of aromatic nitrogens is 1. The molecule has 1 amide bonds. The first-order valence-electron chi connectivity index (χ1n) is 8.63. The highest BCUT2D eigenvalue weighted by molar-refractivity contribution is 7.92. The lowest BCUT2D eigenvalue weighted by Crippen LogP contribution is -2.19. The van der Waals surface area contributed by atoms with E-state index in [1.54, 1.807) is 12.1 Å². The van der Waals surface area contributed by atoms with Gasteiger partial charge >= 0.3 is 10.2 Å². The van der Waals surface area contributed by atoms with Crippen molar-refractivity contribution in [2.45, 2.75) is 9.79 Å². The molecular weight excluding hydrogens is 449 g/mol. The van der Waals surface area contributed by atoms with Crippen LogP contribution in [0.3, 0.4) is 0 Å². The molecule has 162 valence electrons. The van der Waals surface area contributed by atoms with Gasteiger partial charge in [0.2, 0.25) is 0 Å². The predicted molar refractivity (Wildman–Crippen MR) is 110 cm³/mol. The Hall–Kier alpha value is -3.51. The minimum absolute atomic E-state index is 0.0364. The molecule has 0 saturated heterocycles. The van der Waals surface area contributed by atoms with Gasteiger partial charge in [-0.25, -0.2) is 8.42 Å². The molecule has 3 aromatic rings. The topological polar surface area (TPSA) is 132 Å². The molecule has 0 fully saturated rings. The number of hydrogen-bond donors (Lipinski definition) is 2. The number of pyridine rings is 1. The van der Waals surface area contributed by atoms with Gasteiger partial charge in [-0.3, -0.25) is 14.5 Å². The van der Waals surface area contributed by atoms with Crippen LogP contribution in [0.15, 0.2) is 76.7 Å². The van der Waals surface area contributed by atoms with Gasteiger partial charge in [0.1, 0.15) is 11.4 Å². The Morgan fingerprint density at radius 1 is 0.968 bits per heavy atom. The van der Waals surface area contributed by atoms with Crippen LogP contribution in [0.25, 0.3) is 0 Å². The molecule has 3 rings (SSSR count). The molecule has 0 saturated carbocycles. The fourth-order valence-electron chi connectivity index (χ4n) is 2.49. The van der Waals surface area contributed by atoms with Gasteiger partial charge in [0, 0.05) is 19.3 Å². The smallest absolute Gasteiger partial charge is 0.332 e.